The number of hydrogen-bond acceptors (Lipinski definition) is 6. The summed E-state index contributed by atoms with van der Waals surface area (Å²) in [5.74, 6) is 0.464. The molecule has 3 atom stereocenters. The van der Waals surface area contributed by atoms with Crippen molar-refractivity contribution in [3.05, 3.63) is 28.2 Å². The van der Waals surface area contributed by atoms with E-state index in [2.05, 4.69) is 22.0 Å². The van der Waals surface area contributed by atoms with Gasteiger partial charge >= 0.3 is 0 Å². The molecular formula is C17H19BrN2O4. The molecule has 2 fully saturated rings. The number of ether oxygens (including phenoxy) is 4. The van der Waals surface area contributed by atoms with Gasteiger partial charge in [0.2, 0.25) is 0 Å². The Balaban J connectivity index is 1.63. The minimum absolute atomic E-state index is 0.0651. The van der Waals surface area contributed by atoms with E-state index in [1.54, 1.807) is 0 Å². The van der Waals surface area contributed by atoms with Crippen LogP contribution in [-0.4, -0.2) is 37.7 Å². The molecule has 24 heavy (non-hydrogen) atoms. The van der Waals surface area contributed by atoms with Crippen molar-refractivity contribution in [1.29, 1.82) is 0 Å². The van der Waals surface area contributed by atoms with Crippen molar-refractivity contribution in [3.8, 4) is 5.75 Å². The summed E-state index contributed by atoms with van der Waals surface area (Å²) in [6.45, 7) is 1.73. The fraction of sp³-hybridized carbons (Fsp3) is 0.588. The number of nitrogens with zero attached hydrogens (tertiary/aromatic N) is 1. The summed E-state index contributed by atoms with van der Waals surface area (Å²) < 4.78 is 24.9. The highest BCUT2D eigenvalue weighted by molar-refractivity contribution is 9.10. The summed E-state index contributed by atoms with van der Waals surface area (Å²) in [7, 11) is 0. The van der Waals surface area contributed by atoms with Crippen LogP contribution >= 0.6 is 15.9 Å². The Labute approximate surface area is 148 Å². The Morgan fingerprint density at radius 1 is 1.25 bits per heavy atom. The van der Waals surface area contributed by atoms with E-state index in [0.29, 0.717) is 19.8 Å². The minimum Gasteiger partial charge on any atom is -0.490 e. The summed E-state index contributed by atoms with van der Waals surface area (Å²) in [4.78, 5) is 4.76. The molecule has 1 aromatic rings. The van der Waals surface area contributed by atoms with Gasteiger partial charge in [0.25, 0.3) is 6.02 Å². The van der Waals surface area contributed by atoms with E-state index in [1.807, 2.05) is 12.1 Å². The van der Waals surface area contributed by atoms with Crippen LogP contribution in [-0.2, 0) is 19.7 Å². The SMILES string of the molecule is NC1=NC2(CO1)c1cc(Br)ccc1O[C@@H]1CCC3(C[C@H]12)OCCO3. The number of benzene rings is 1. The normalized spacial score (nSPS) is 36.0. The molecule has 0 aromatic heterocycles. The quantitative estimate of drug-likeness (QED) is 0.730. The van der Waals surface area contributed by atoms with Crippen molar-refractivity contribution >= 4 is 22.0 Å². The topological polar surface area (TPSA) is 75.3 Å². The smallest absolute Gasteiger partial charge is 0.283 e. The first-order valence-electron chi connectivity index (χ1n) is 8.33. The fourth-order valence-corrected chi connectivity index (χ4v) is 4.95. The summed E-state index contributed by atoms with van der Waals surface area (Å²) in [6.07, 6.45) is 2.52. The Hall–Kier alpha value is -1.31. The minimum atomic E-state index is -0.533. The highest BCUT2D eigenvalue weighted by atomic mass is 79.9. The van der Waals surface area contributed by atoms with Gasteiger partial charge in [-0.05, 0) is 24.6 Å². The monoisotopic (exact) mass is 394 g/mol. The molecule has 128 valence electrons. The number of rotatable bonds is 0. The number of amidine groups is 1. The number of halogens is 1. The molecule has 2 spiro atoms. The first-order valence-corrected chi connectivity index (χ1v) is 9.12. The van der Waals surface area contributed by atoms with E-state index in [4.69, 9.17) is 29.7 Å². The maximum absolute atomic E-state index is 6.32. The van der Waals surface area contributed by atoms with Gasteiger partial charge in [-0.1, -0.05) is 15.9 Å². The van der Waals surface area contributed by atoms with E-state index in [0.717, 1.165) is 35.0 Å². The molecule has 0 bridgehead atoms. The average Bonchev–Trinajstić information content (AvgIpc) is 3.18. The van der Waals surface area contributed by atoms with Crippen LogP contribution in [0.2, 0.25) is 0 Å². The summed E-state index contributed by atoms with van der Waals surface area (Å²) in [5, 5.41) is 0. The summed E-state index contributed by atoms with van der Waals surface area (Å²) in [6, 6.07) is 6.29. The van der Waals surface area contributed by atoms with Crippen LogP contribution in [0.3, 0.4) is 0 Å². The molecule has 4 aliphatic rings. The standard InChI is InChI=1S/C17H19BrN2O4/c18-10-1-2-13-11(7-10)17(9-21-15(19)20-17)12-8-16(22-5-6-23-16)4-3-14(12)24-13/h1-2,7,12,14H,3-6,8-9H2,(H2,19,20)/t12-,14-,17?/m1/s1. The highest BCUT2D eigenvalue weighted by Gasteiger charge is 2.59. The second kappa shape index (κ2) is 5.09. The van der Waals surface area contributed by atoms with Gasteiger partial charge < -0.3 is 24.7 Å². The molecule has 2 N–H and O–H groups in total. The van der Waals surface area contributed by atoms with Gasteiger partial charge in [0, 0.05) is 28.8 Å². The second-order valence-corrected chi connectivity index (χ2v) is 7.83. The van der Waals surface area contributed by atoms with Crippen LogP contribution in [0.1, 0.15) is 24.8 Å². The molecule has 1 aliphatic carbocycles. The third-order valence-electron chi connectivity index (χ3n) is 5.65. The third kappa shape index (κ3) is 2.04. The molecule has 7 heteroatoms. The predicted octanol–water partition coefficient (Wildman–Crippen LogP) is 2.29. The second-order valence-electron chi connectivity index (χ2n) is 6.92. The maximum Gasteiger partial charge on any atom is 0.283 e. The summed E-state index contributed by atoms with van der Waals surface area (Å²) >= 11 is 3.56. The Kier molecular flexibility index (Phi) is 3.18. The zero-order valence-electron chi connectivity index (χ0n) is 13.2. The number of fused-ring (bicyclic) bond motifs is 4. The van der Waals surface area contributed by atoms with Crippen LogP contribution in [0.5, 0.6) is 5.75 Å². The van der Waals surface area contributed by atoms with Crippen LogP contribution in [0, 0.1) is 5.92 Å². The molecule has 6 nitrogen and oxygen atoms in total. The van der Waals surface area contributed by atoms with Gasteiger partial charge in [-0.3, -0.25) is 0 Å². The van der Waals surface area contributed by atoms with E-state index in [1.165, 1.54) is 0 Å². The van der Waals surface area contributed by atoms with E-state index in [9.17, 15) is 0 Å². The van der Waals surface area contributed by atoms with Crippen LogP contribution in [0.15, 0.2) is 27.7 Å². The Morgan fingerprint density at radius 3 is 2.83 bits per heavy atom. The summed E-state index contributed by atoms with van der Waals surface area (Å²) in [5.41, 5.74) is 6.40. The van der Waals surface area contributed by atoms with Crippen LogP contribution < -0.4 is 10.5 Å². The lowest BCUT2D eigenvalue weighted by Crippen LogP contribution is -2.55. The van der Waals surface area contributed by atoms with E-state index >= 15 is 0 Å². The maximum atomic E-state index is 6.32. The number of hydrogen-bond donors (Lipinski definition) is 1. The van der Waals surface area contributed by atoms with Crippen molar-refractivity contribution in [1.82, 2.24) is 0 Å². The lowest BCUT2D eigenvalue weighted by Gasteiger charge is -2.50. The lowest BCUT2D eigenvalue weighted by molar-refractivity contribution is -0.210. The molecule has 1 saturated carbocycles. The first kappa shape index (κ1) is 15.0. The Morgan fingerprint density at radius 2 is 2.08 bits per heavy atom. The molecular weight excluding hydrogens is 376 g/mol. The third-order valence-corrected chi connectivity index (χ3v) is 6.15. The zero-order valence-corrected chi connectivity index (χ0v) is 14.8. The average molecular weight is 395 g/mol. The van der Waals surface area contributed by atoms with Gasteiger partial charge in [0.15, 0.2) is 5.79 Å². The van der Waals surface area contributed by atoms with Crippen molar-refractivity contribution in [3.63, 3.8) is 0 Å². The molecule has 0 radical (unpaired) electrons. The molecule has 1 unspecified atom stereocenters. The number of aliphatic imine (C=N–C) groups is 1. The van der Waals surface area contributed by atoms with Crippen LogP contribution in [0.4, 0.5) is 0 Å². The molecule has 1 aromatic carbocycles. The highest BCUT2D eigenvalue weighted by Crippen LogP contribution is 2.55. The molecule has 1 saturated heterocycles. The fourth-order valence-electron chi connectivity index (χ4n) is 4.59. The molecule has 5 rings (SSSR count). The van der Waals surface area contributed by atoms with E-state index < -0.39 is 11.3 Å². The van der Waals surface area contributed by atoms with Gasteiger partial charge in [0.1, 0.15) is 24.0 Å². The van der Waals surface area contributed by atoms with Gasteiger partial charge in [-0.2, -0.15) is 0 Å². The molecule has 3 aliphatic heterocycles. The van der Waals surface area contributed by atoms with Crippen molar-refractivity contribution < 1.29 is 18.9 Å². The number of nitrogens with two attached hydrogens (primary N) is 1. The van der Waals surface area contributed by atoms with Crippen LogP contribution in [0.25, 0.3) is 0 Å². The molecule has 3 heterocycles. The van der Waals surface area contributed by atoms with Gasteiger partial charge in [0.05, 0.1) is 13.2 Å². The Bertz CT molecular complexity index is 719. The van der Waals surface area contributed by atoms with Gasteiger partial charge in [-0.25, -0.2) is 4.99 Å². The molecule has 0 amide bonds. The van der Waals surface area contributed by atoms with Crippen molar-refractivity contribution in [2.45, 2.75) is 36.7 Å². The zero-order chi connectivity index (χ0) is 16.4. The van der Waals surface area contributed by atoms with Crippen molar-refractivity contribution in [2.24, 2.45) is 16.6 Å². The lowest BCUT2D eigenvalue weighted by atomic mass is 9.67. The van der Waals surface area contributed by atoms with Crippen molar-refractivity contribution in [2.75, 3.05) is 19.8 Å². The van der Waals surface area contributed by atoms with E-state index in [-0.39, 0.29) is 18.0 Å². The van der Waals surface area contributed by atoms with Gasteiger partial charge in [-0.15, -0.1) is 0 Å². The predicted molar refractivity (Wildman–Crippen MR) is 89.8 cm³/mol. The first-order chi connectivity index (χ1) is 11.6. The largest absolute Gasteiger partial charge is 0.490 e.